The van der Waals surface area contributed by atoms with Gasteiger partial charge < -0.3 is 5.11 Å². The van der Waals surface area contributed by atoms with Crippen molar-refractivity contribution in [3.8, 4) is 0 Å². The Labute approximate surface area is 140 Å². The summed E-state index contributed by atoms with van der Waals surface area (Å²) >= 11 is 4.98. The van der Waals surface area contributed by atoms with Crippen LogP contribution in [0.2, 0.25) is 0 Å². The summed E-state index contributed by atoms with van der Waals surface area (Å²) < 4.78 is 0. The first-order valence-corrected chi connectivity index (χ1v) is 7.52. The normalized spacial score (nSPS) is 19.5. The van der Waals surface area contributed by atoms with E-state index in [1.807, 2.05) is 30.3 Å². The van der Waals surface area contributed by atoms with Gasteiger partial charge in [-0.1, -0.05) is 36.4 Å². The molecule has 1 aliphatic rings. The molecule has 1 atom stereocenters. The van der Waals surface area contributed by atoms with E-state index in [2.05, 4.69) is 11.9 Å². The van der Waals surface area contributed by atoms with Crippen LogP contribution in [0, 0.1) is 0 Å². The molecule has 0 radical (unpaired) electrons. The Kier molecular flexibility index (Phi) is 5.08. The lowest BCUT2D eigenvalue weighted by molar-refractivity contribution is -0.128. The van der Waals surface area contributed by atoms with Crippen molar-refractivity contribution in [2.24, 2.45) is 0 Å². The molecule has 2 N–H and O–H groups in total. The molecule has 1 saturated heterocycles. The summed E-state index contributed by atoms with van der Waals surface area (Å²) in [6, 6.07) is 9.34. The van der Waals surface area contributed by atoms with Gasteiger partial charge in [0.1, 0.15) is 5.57 Å². The molecular formula is C17H18N2O3S. The molecule has 0 aromatic heterocycles. The van der Waals surface area contributed by atoms with Gasteiger partial charge in [0.2, 0.25) is 0 Å². The lowest BCUT2D eigenvalue weighted by Crippen LogP contribution is -2.54. The first kappa shape index (κ1) is 17.1. The second-order valence-electron chi connectivity index (χ2n) is 5.54. The molecule has 0 saturated carbocycles. The standard InChI is InChI=1S/C17H18N2O3S/c1-3-9-19-15(21)13(14(20)18-16(19)23)11-17(2,22)10-12-7-5-4-6-8-12/h3-8,11,22H,1,9-10H2,2H3,(H,18,20,23). The smallest absolute Gasteiger partial charge is 0.265 e. The van der Waals surface area contributed by atoms with E-state index in [4.69, 9.17) is 12.2 Å². The molecule has 23 heavy (non-hydrogen) atoms. The van der Waals surface area contributed by atoms with E-state index in [1.165, 1.54) is 17.1 Å². The van der Waals surface area contributed by atoms with Crippen molar-refractivity contribution in [2.45, 2.75) is 18.9 Å². The average molecular weight is 330 g/mol. The van der Waals surface area contributed by atoms with Crippen molar-refractivity contribution < 1.29 is 14.7 Å². The van der Waals surface area contributed by atoms with Crippen molar-refractivity contribution in [3.05, 3.63) is 60.2 Å². The second-order valence-corrected chi connectivity index (χ2v) is 5.93. The molecule has 6 heteroatoms. The summed E-state index contributed by atoms with van der Waals surface area (Å²) in [6.07, 6.45) is 3.08. The zero-order chi connectivity index (χ0) is 17.0. The number of nitrogens with one attached hydrogen (secondary N) is 1. The van der Waals surface area contributed by atoms with Crippen LogP contribution in [0.3, 0.4) is 0 Å². The Morgan fingerprint density at radius 2 is 2.00 bits per heavy atom. The zero-order valence-electron chi connectivity index (χ0n) is 12.8. The average Bonchev–Trinajstić information content (AvgIpc) is 2.48. The van der Waals surface area contributed by atoms with Gasteiger partial charge in [-0.3, -0.25) is 19.8 Å². The molecule has 0 spiro atoms. The van der Waals surface area contributed by atoms with Gasteiger partial charge in [-0.2, -0.15) is 0 Å². The van der Waals surface area contributed by atoms with E-state index in [0.717, 1.165) is 5.56 Å². The molecule has 0 bridgehead atoms. The SMILES string of the molecule is C=CCN1C(=O)C(=CC(C)(O)Cc2ccccc2)C(=O)NC1=S. The predicted octanol–water partition coefficient (Wildman–Crippen LogP) is 1.34. The number of carbonyl (C=O) groups is 2. The van der Waals surface area contributed by atoms with E-state index in [-0.39, 0.29) is 23.7 Å². The molecule has 1 fully saturated rings. The minimum Gasteiger partial charge on any atom is -0.386 e. The maximum atomic E-state index is 12.4. The zero-order valence-corrected chi connectivity index (χ0v) is 13.6. The number of thiocarbonyl (C=S) groups is 1. The molecule has 1 aliphatic heterocycles. The van der Waals surface area contributed by atoms with Crippen LogP contribution >= 0.6 is 12.2 Å². The third kappa shape index (κ3) is 4.12. The third-order valence-electron chi connectivity index (χ3n) is 3.36. The number of hydrogen-bond donors (Lipinski definition) is 2. The van der Waals surface area contributed by atoms with Gasteiger partial charge in [0.05, 0.1) is 5.60 Å². The van der Waals surface area contributed by atoms with Crippen molar-refractivity contribution in [2.75, 3.05) is 6.54 Å². The van der Waals surface area contributed by atoms with Crippen molar-refractivity contribution in [1.82, 2.24) is 10.2 Å². The molecule has 1 aromatic rings. The van der Waals surface area contributed by atoms with Crippen LogP contribution < -0.4 is 5.32 Å². The molecule has 1 unspecified atom stereocenters. The fourth-order valence-corrected chi connectivity index (χ4v) is 2.61. The second kappa shape index (κ2) is 6.85. The number of aliphatic hydroxyl groups is 1. The quantitative estimate of drug-likeness (QED) is 0.370. The minimum atomic E-state index is -1.34. The largest absolute Gasteiger partial charge is 0.386 e. The first-order chi connectivity index (χ1) is 10.8. The van der Waals surface area contributed by atoms with Crippen LogP contribution in [-0.2, 0) is 16.0 Å². The first-order valence-electron chi connectivity index (χ1n) is 7.11. The molecule has 0 aliphatic carbocycles. The minimum absolute atomic E-state index is 0.0414. The van der Waals surface area contributed by atoms with E-state index >= 15 is 0 Å². The lowest BCUT2D eigenvalue weighted by atomic mass is 9.93. The molecule has 1 aromatic carbocycles. The monoisotopic (exact) mass is 330 g/mol. The van der Waals surface area contributed by atoms with Gasteiger partial charge in [0, 0.05) is 13.0 Å². The number of nitrogens with zero attached hydrogens (tertiary/aromatic N) is 1. The van der Waals surface area contributed by atoms with Gasteiger partial charge in [0.15, 0.2) is 5.11 Å². The topological polar surface area (TPSA) is 69.6 Å². The van der Waals surface area contributed by atoms with E-state index in [1.54, 1.807) is 6.92 Å². The number of hydrogen-bond acceptors (Lipinski definition) is 4. The summed E-state index contributed by atoms with van der Waals surface area (Å²) in [5.41, 5.74) is -0.569. The highest BCUT2D eigenvalue weighted by Crippen LogP contribution is 2.19. The van der Waals surface area contributed by atoms with Crippen LogP contribution in [-0.4, -0.2) is 39.1 Å². The van der Waals surface area contributed by atoms with Gasteiger partial charge in [-0.05, 0) is 30.8 Å². The molecule has 2 rings (SSSR count). The number of carbonyl (C=O) groups excluding carboxylic acids is 2. The summed E-state index contributed by atoms with van der Waals surface area (Å²) in [4.78, 5) is 25.7. The highest BCUT2D eigenvalue weighted by molar-refractivity contribution is 7.80. The Bertz CT molecular complexity index is 680. The molecule has 120 valence electrons. The van der Waals surface area contributed by atoms with Gasteiger partial charge in [-0.15, -0.1) is 6.58 Å². The highest BCUT2D eigenvalue weighted by atomic mass is 32.1. The molecular weight excluding hydrogens is 312 g/mol. The van der Waals surface area contributed by atoms with Crippen LogP contribution in [0.15, 0.2) is 54.6 Å². The maximum absolute atomic E-state index is 12.4. The van der Waals surface area contributed by atoms with Crippen LogP contribution in [0.5, 0.6) is 0 Å². The van der Waals surface area contributed by atoms with E-state index < -0.39 is 17.4 Å². The summed E-state index contributed by atoms with van der Waals surface area (Å²) in [6.45, 7) is 5.31. The van der Waals surface area contributed by atoms with Crippen LogP contribution in [0.4, 0.5) is 0 Å². The van der Waals surface area contributed by atoms with Crippen molar-refractivity contribution in [1.29, 1.82) is 0 Å². The fourth-order valence-electron chi connectivity index (χ4n) is 2.36. The Hall–Kier alpha value is -2.31. The van der Waals surface area contributed by atoms with Crippen molar-refractivity contribution >= 4 is 29.1 Å². The summed E-state index contributed by atoms with van der Waals surface area (Å²) in [5.74, 6) is -1.14. The van der Waals surface area contributed by atoms with Crippen LogP contribution in [0.25, 0.3) is 0 Å². The highest BCUT2D eigenvalue weighted by Gasteiger charge is 2.34. The maximum Gasteiger partial charge on any atom is 0.265 e. The van der Waals surface area contributed by atoms with E-state index in [0.29, 0.717) is 0 Å². The van der Waals surface area contributed by atoms with Crippen LogP contribution in [0.1, 0.15) is 12.5 Å². The predicted molar refractivity (Wildman–Crippen MR) is 91.5 cm³/mol. The third-order valence-corrected chi connectivity index (χ3v) is 3.68. The molecule has 5 nitrogen and oxygen atoms in total. The molecule has 1 heterocycles. The van der Waals surface area contributed by atoms with Gasteiger partial charge in [0.25, 0.3) is 11.8 Å². The fraction of sp³-hybridized carbons (Fsp3) is 0.235. The number of amides is 2. The Morgan fingerprint density at radius 3 is 2.61 bits per heavy atom. The molecule has 2 amide bonds. The summed E-state index contributed by atoms with van der Waals surface area (Å²) in [5, 5.41) is 13.1. The Morgan fingerprint density at radius 1 is 1.35 bits per heavy atom. The Balaban J connectivity index is 2.28. The number of benzene rings is 1. The lowest BCUT2D eigenvalue weighted by Gasteiger charge is -2.29. The van der Waals surface area contributed by atoms with Gasteiger partial charge in [-0.25, -0.2) is 0 Å². The van der Waals surface area contributed by atoms with E-state index in [9.17, 15) is 14.7 Å². The number of rotatable bonds is 5. The van der Waals surface area contributed by atoms with Crippen molar-refractivity contribution in [3.63, 3.8) is 0 Å². The summed E-state index contributed by atoms with van der Waals surface area (Å²) in [7, 11) is 0. The van der Waals surface area contributed by atoms with Gasteiger partial charge >= 0.3 is 0 Å².